The van der Waals surface area contributed by atoms with Crippen molar-refractivity contribution in [2.24, 2.45) is 0 Å². The molecule has 0 radical (unpaired) electrons. The lowest BCUT2D eigenvalue weighted by Gasteiger charge is -1.92. The van der Waals surface area contributed by atoms with E-state index in [1.54, 1.807) is 6.92 Å². The predicted octanol–water partition coefficient (Wildman–Crippen LogP) is 2.88. The average molecular weight is 152 g/mol. The number of carbonyl (C=O) groups is 1. The van der Waals surface area contributed by atoms with Crippen LogP contribution in [0.4, 0.5) is 0 Å². The molecule has 0 fully saturated rings. The fraction of sp³-hybridized carbons (Fsp3) is 0.500. The van der Waals surface area contributed by atoms with Crippen LogP contribution in [0.3, 0.4) is 0 Å². The second-order valence-electron chi connectivity index (χ2n) is 2.75. The van der Waals surface area contributed by atoms with Crippen LogP contribution in [0, 0.1) is 0 Å². The molecule has 0 rings (SSSR count). The maximum Gasteiger partial charge on any atom is 0.129 e. The molecule has 0 saturated carbocycles. The van der Waals surface area contributed by atoms with Crippen molar-refractivity contribution in [2.45, 2.75) is 33.1 Å². The molecule has 11 heavy (non-hydrogen) atoms. The van der Waals surface area contributed by atoms with Gasteiger partial charge in [-0.15, -0.1) is 0 Å². The monoisotopic (exact) mass is 152 g/mol. The summed E-state index contributed by atoms with van der Waals surface area (Å²) in [5.41, 5.74) is 1.19. The summed E-state index contributed by atoms with van der Waals surface area (Å²) < 4.78 is 0. The zero-order chi connectivity index (χ0) is 8.69. The molecule has 0 bridgehead atoms. The number of unbranched alkanes of at least 4 members (excludes halogenated alkanes) is 1. The summed E-state index contributed by atoms with van der Waals surface area (Å²) in [5.74, 6) is 0.273. The first-order valence-corrected chi connectivity index (χ1v) is 3.95. The summed E-state index contributed by atoms with van der Waals surface area (Å²) in [6.07, 6.45) is 6.57. The average Bonchev–Trinajstić information content (AvgIpc) is 1.97. The van der Waals surface area contributed by atoms with E-state index in [1.807, 2.05) is 13.0 Å². The Bertz CT molecular complexity index is 166. The molecule has 0 aromatic carbocycles. The molecule has 1 heteroatoms. The molecule has 0 spiro atoms. The van der Waals surface area contributed by atoms with Crippen molar-refractivity contribution >= 4 is 5.78 Å². The molecule has 0 aliphatic carbocycles. The summed E-state index contributed by atoms with van der Waals surface area (Å²) >= 11 is 0. The van der Waals surface area contributed by atoms with Crippen LogP contribution in [0.15, 0.2) is 24.3 Å². The topological polar surface area (TPSA) is 17.1 Å². The zero-order valence-electron chi connectivity index (χ0n) is 7.39. The summed E-state index contributed by atoms with van der Waals surface area (Å²) in [6.45, 7) is 7.28. The number of hydrogen-bond donors (Lipinski definition) is 0. The third-order valence-electron chi connectivity index (χ3n) is 1.52. The van der Waals surface area contributed by atoms with E-state index < -0.39 is 0 Å². The third kappa shape index (κ3) is 7.04. The van der Waals surface area contributed by atoms with Crippen LogP contribution in [0.5, 0.6) is 0 Å². The Morgan fingerprint density at radius 2 is 2.09 bits per heavy atom. The number of ketones is 1. The van der Waals surface area contributed by atoms with Crippen LogP contribution in [-0.4, -0.2) is 5.78 Å². The van der Waals surface area contributed by atoms with Crippen LogP contribution in [-0.2, 0) is 4.79 Å². The third-order valence-corrected chi connectivity index (χ3v) is 1.52. The van der Waals surface area contributed by atoms with Gasteiger partial charge >= 0.3 is 0 Å². The van der Waals surface area contributed by atoms with E-state index in [-0.39, 0.29) is 5.78 Å². The van der Waals surface area contributed by atoms with E-state index in [4.69, 9.17) is 0 Å². The van der Waals surface area contributed by atoms with Crippen molar-refractivity contribution < 1.29 is 4.79 Å². The summed E-state index contributed by atoms with van der Waals surface area (Å²) in [7, 11) is 0. The molecule has 0 unspecified atom stereocenters. The van der Waals surface area contributed by atoms with Crippen LogP contribution in [0.25, 0.3) is 0 Å². The predicted molar refractivity (Wildman–Crippen MR) is 48.5 cm³/mol. The second kappa shape index (κ2) is 5.90. The first-order valence-electron chi connectivity index (χ1n) is 3.95. The highest BCUT2D eigenvalue weighted by molar-refractivity contribution is 5.75. The van der Waals surface area contributed by atoms with Crippen molar-refractivity contribution in [3.63, 3.8) is 0 Å². The van der Waals surface area contributed by atoms with Gasteiger partial charge in [0.1, 0.15) is 5.78 Å². The minimum atomic E-state index is 0.273. The van der Waals surface area contributed by atoms with E-state index >= 15 is 0 Å². The van der Waals surface area contributed by atoms with E-state index in [2.05, 4.69) is 12.7 Å². The Hall–Kier alpha value is -0.850. The molecule has 0 aromatic rings. The number of rotatable bonds is 5. The lowest BCUT2D eigenvalue weighted by molar-refractivity contribution is -0.117. The highest BCUT2D eigenvalue weighted by Gasteiger charge is 1.90. The smallest absolute Gasteiger partial charge is 0.129 e. The Balaban J connectivity index is 3.41. The van der Waals surface area contributed by atoms with Crippen molar-refractivity contribution in [3.05, 3.63) is 24.3 Å². The van der Waals surface area contributed by atoms with Gasteiger partial charge in [0.15, 0.2) is 0 Å². The van der Waals surface area contributed by atoms with Gasteiger partial charge < -0.3 is 4.79 Å². The molecule has 0 amide bonds. The van der Waals surface area contributed by atoms with Crippen LogP contribution >= 0.6 is 0 Å². The van der Waals surface area contributed by atoms with E-state index in [0.717, 1.165) is 12.8 Å². The van der Waals surface area contributed by atoms with E-state index in [1.165, 1.54) is 5.57 Å². The van der Waals surface area contributed by atoms with Crippen molar-refractivity contribution in [3.8, 4) is 0 Å². The van der Waals surface area contributed by atoms with E-state index in [9.17, 15) is 4.79 Å². The molecule has 0 aliphatic heterocycles. The van der Waals surface area contributed by atoms with Crippen molar-refractivity contribution in [1.82, 2.24) is 0 Å². The van der Waals surface area contributed by atoms with Gasteiger partial charge in [0, 0.05) is 6.42 Å². The maximum absolute atomic E-state index is 10.5. The molecule has 0 N–H and O–H groups in total. The normalized spacial score (nSPS) is 11.3. The van der Waals surface area contributed by atoms with Gasteiger partial charge in [-0.05, 0) is 26.7 Å². The molecule has 0 saturated heterocycles. The van der Waals surface area contributed by atoms with Crippen molar-refractivity contribution in [2.75, 3.05) is 0 Å². The fourth-order valence-corrected chi connectivity index (χ4v) is 0.764. The summed E-state index contributed by atoms with van der Waals surface area (Å²) in [6, 6.07) is 0. The number of allylic oxidation sites excluding steroid dienone is 3. The van der Waals surface area contributed by atoms with Crippen LogP contribution in [0.1, 0.15) is 33.1 Å². The van der Waals surface area contributed by atoms with Gasteiger partial charge in [0.25, 0.3) is 0 Å². The molecule has 62 valence electrons. The van der Waals surface area contributed by atoms with Crippen molar-refractivity contribution in [1.29, 1.82) is 0 Å². The molecule has 0 aromatic heterocycles. The second-order valence-corrected chi connectivity index (χ2v) is 2.75. The lowest BCUT2D eigenvalue weighted by atomic mass is 10.1. The lowest BCUT2D eigenvalue weighted by Crippen LogP contribution is -1.87. The Labute approximate surface area is 68.8 Å². The quantitative estimate of drug-likeness (QED) is 0.437. The Morgan fingerprint density at radius 3 is 2.55 bits per heavy atom. The maximum atomic E-state index is 10.5. The summed E-state index contributed by atoms with van der Waals surface area (Å²) in [5, 5.41) is 0. The summed E-state index contributed by atoms with van der Waals surface area (Å²) in [4.78, 5) is 10.5. The number of carbonyl (C=O) groups excluding carboxylic acids is 1. The zero-order valence-corrected chi connectivity index (χ0v) is 7.39. The number of Topliss-reactive ketones (excluding diaryl/α,β-unsaturated/α-hetero) is 1. The van der Waals surface area contributed by atoms with Crippen LogP contribution < -0.4 is 0 Å². The van der Waals surface area contributed by atoms with E-state index in [0.29, 0.717) is 6.42 Å². The molecular formula is C10H16O. The first-order chi connectivity index (χ1) is 5.16. The van der Waals surface area contributed by atoms with Gasteiger partial charge in [-0.3, -0.25) is 0 Å². The minimum Gasteiger partial charge on any atom is -0.300 e. The molecule has 0 atom stereocenters. The van der Waals surface area contributed by atoms with Gasteiger partial charge in [0.2, 0.25) is 0 Å². The number of hydrogen-bond acceptors (Lipinski definition) is 1. The van der Waals surface area contributed by atoms with Gasteiger partial charge in [-0.1, -0.05) is 24.3 Å². The van der Waals surface area contributed by atoms with Gasteiger partial charge in [-0.2, -0.15) is 0 Å². The largest absolute Gasteiger partial charge is 0.300 e. The van der Waals surface area contributed by atoms with Gasteiger partial charge in [0.05, 0.1) is 0 Å². The molecule has 1 nitrogen and oxygen atoms in total. The highest BCUT2D eigenvalue weighted by atomic mass is 16.1. The molecule has 0 aliphatic rings. The Morgan fingerprint density at radius 1 is 1.45 bits per heavy atom. The molecule has 0 heterocycles. The van der Waals surface area contributed by atoms with Gasteiger partial charge in [-0.25, -0.2) is 0 Å². The SMILES string of the molecule is C=C/C(C)=C/CCCC(C)=O. The standard InChI is InChI=1S/C10H16O/c1-4-9(2)7-5-6-8-10(3)11/h4,7H,1,5-6,8H2,2-3H3/b9-7+. The minimum absolute atomic E-state index is 0.273. The Kier molecular flexibility index (Phi) is 5.44. The molecular weight excluding hydrogens is 136 g/mol. The van der Waals surface area contributed by atoms with Crippen LogP contribution in [0.2, 0.25) is 0 Å². The first kappa shape index (κ1) is 10.2. The fourth-order valence-electron chi connectivity index (χ4n) is 0.764. The highest BCUT2D eigenvalue weighted by Crippen LogP contribution is 2.01.